The molecule has 19 heavy (non-hydrogen) atoms. The smallest absolute Gasteiger partial charge is 0.0948 e. The summed E-state index contributed by atoms with van der Waals surface area (Å²) in [6.07, 6.45) is 6.48. The predicted octanol–water partition coefficient (Wildman–Crippen LogP) is 1.86. The number of imidazole rings is 1. The van der Waals surface area contributed by atoms with Crippen LogP contribution in [0.25, 0.3) is 0 Å². The average Bonchev–Trinajstić information content (AvgIpc) is 2.85. The lowest BCUT2D eigenvalue weighted by molar-refractivity contribution is 0.255. The van der Waals surface area contributed by atoms with Crippen molar-refractivity contribution in [1.82, 2.24) is 19.8 Å². The maximum atomic E-state index is 4.39. The Balaban J connectivity index is 2.05. The number of hydrogen-bond donors (Lipinski definition) is 1. The van der Waals surface area contributed by atoms with Crippen LogP contribution in [0.1, 0.15) is 39.3 Å². The SMILES string of the molecule is CC(C)N(C)CCn1cncc1C1(C)CCNCC1. The number of likely N-dealkylation sites (N-methyl/N-ethyl adjacent to an activating group) is 1. The monoisotopic (exact) mass is 264 g/mol. The molecule has 1 saturated heterocycles. The second-order valence-corrected chi connectivity index (χ2v) is 6.36. The summed E-state index contributed by atoms with van der Waals surface area (Å²) < 4.78 is 2.35. The van der Waals surface area contributed by atoms with E-state index in [9.17, 15) is 0 Å². The largest absolute Gasteiger partial charge is 0.333 e. The molecule has 0 amide bonds. The molecule has 1 aromatic heterocycles. The van der Waals surface area contributed by atoms with Crippen molar-refractivity contribution >= 4 is 0 Å². The van der Waals surface area contributed by atoms with E-state index in [0.29, 0.717) is 6.04 Å². The van der Waals surface area contributed by atoms with Crippen LogP contribution in [0, 0.1) is 0 Å². The fraction of sp³-hybridized carbons (Fsp3) is 0.800. The van der Waals surface area contributed by atoms with Crippen LogP contribution >= 0.6 is 0 Å². The van der Waals surface area contributed by atoms with Gasteiger partial charge in [0, 0.05) is 36.4 Å². The first-order valence-electron chi connectivity index (χ1n) is 7.44. The van der Waals surface area contributed by atoms with Gasteiger partial charge in [-0.15, -0.1) is 0 Å². The summed E-state index contributed by atoms with van der Waals surface area (Å²) in [5.41, 5.74) is 1.70. The first kappa shape index (κ1) is 14.5. The highest BCUT2D eigenvalue weighted by Gasteiger charge is 2.31. The number of nitrogens with one attached hydrogen (secondary N) is 1. The van der Waals surface area contributed by atoms with Gasteiger partial charge >= 0.3 is 0 Å². The maximum absolute atomic E-state index is 4.39. The van der Waals surface area contributed by atoms with Gasteiger partial charge in [-0.25, -0.2) is 4.98 Å². The van der Waals surface area contributed by atoms with Gasteiger partial charge in [-0.1, -0.05) is 6.92 Å². The third-order valence-electron chi connectivity index (χ3n) is 4.61. The van der Waals surface area contributed by atoms with E-state index in [0.717, 1.165) is 26.2 Å². The van der Waals surface area contributed by atoms with Gasteiger partial charge < -0.3 is 14.8 Å². The Kier molecular flexibility index (Phi) is 4.63. The summed E-state index contributed by atoms with van der Waals surface area (Å²) in [5, 5.41) is 3.45. The van der Waals surface area contributed by atoms with Crippen LogP contribution in [0.4, 0.5) is 0 Å². The van der Waals surface area contributed by atoms with E-state index in [1.165, 1.54) is 18.5 Å². The molecule has 0 unspecified atom stereocenters. The van der Waals surface area contributed by atoms with Crippen LogP contribution in [0.15, 0.2) is 12.5 Å². The molecule has 1 aliphatic heterocycles. The summed E-state index contributed by atoms with van der Waals surface area (Å²) in [6.45, 7) is 11.2. The molecule has 1 aliphatic rings. The van der Waals surface area contributed by atoms with Gasteiger partial charge in [-0.3, -0.25) is 0 Å². The number of piperidine rings is 1. The van der Waals surface area contributed by atoms with Crippen LogP contribution in [-0.2, 0) is 12.0 Å². The minimum atomic E-state index is 0.290. The van der Waals surface area contributed by atoms with E-state index < -0.39 is 0 Å². The fourth-order valence-electron chi connectivity index (χ4n) is 2.76. The normalized spacial score (nSPS) is 19.3. The minimum absolute atomic E-state index is 0.290. The van der Waals surface area contributed by atoms with Crippen molar-refractivity contribution in [3.8, 4) is 0 Å². The van der Waals surface area contributed by atoms with Crippen molar-refractivity contribution in [1.29, 1.82) is 0 Å². The Morgan fingerprint density at radius 2 is 2.11 bits per heavy atom. The summed E-state index contributed by atoms with van der Waals surface area (Å²) in [6, 6.07) is 0.599. The molecule has 0 bridgehead atoms. The molecular formula is C15H28N4. The number of aromatic nitrogens is 2. The first-order chi connectivity index (χ1) is 9.03. The van der Waals surface area contributed by atoms with Crippen LogP contribution < -0.4 is 5.32 Å². The molecule has 0 radical (unpaired) electrons. The van der Waals surface area contributed by atoms with Crippen molar-refractivity contribution in [2.45, 2.75) is 51.6 Å². The molecule has 0 atom stereocenters. The van der Waals surface area contributed by atoms with E-state index in [4.69, 9.17) is 0 Å². The Labute approximate surface area is 117 Å². The zero-order valence-corrected chi connectivity index (χ0v) is 12.8. The number of rotatable bonds is 5. The van der Waals surface area contributed by atoms with Crippen molar-refractivity contribution in [2.24, 2.45) is 0 Å². The Hall–Kier alpha value is -0.870. The Morgan fingerprint density at radius 3 is 2.74 bits per heavy atom. The fourth-order valence-corrected chi connectivity index (χ4v) is 2.76. The van der Waals surface area contributed by atoms with Crippen molar-refractivity contribution < 1.29 is 0 Å². The lowest BCUT2D eigenvalue weighted by Crippen LogP contribution is -2.39. The topological polar surface area (TPSA) is 33.1 Å². The van der Waals surface area contributed by atoms with Crippen molar-refractivity contribution in [3.63, 3.8) is 0 Å². The van der Waals surface area contributed by atoms with Gasteiger partial charge in [0.2, 0.25) is 0 Å². The average molecular weight is 264 g/mol. The quantitative estimate of drug-likeness (QED) is 0.881. The highest BCUT2D eigenvalue weighted by atomic mass is 15.2. The van der Waals surface area contributed by atoms with Crippen LogP contribution in [0.3, 0.4) is 0 Å². The molecule has 0 spiro atoms. The van der Waals surface area contributed by atoms with Gasteiger partial charge in [0.15, 0.2) is 0 Å². The first-order valence-corrected chi connectivity index (χ1v) is 7.44. The van der Waals surface area contributed by atoms with Crippen LogP contribution in [0.2, 0.25) is 0 Å². The van der Waals surface area contributed by atoms with Crippen molar-refractivity contribution in [3.05, 3.63) is 18.2 Å². The van der Waals surface area contributed by atoms with Gasteiger partial charge in [-0.2, -0.15) is 0 Å². The van der Waals surface area contributed by atoms with Crippen molar-refractivity contribution in [2.75, 3.05) is 26.7 Å². The maximum Gasteiger partial charge on any atom is 0.0948 e. The Bertz CT molecular complexity index is 391. The van der Waals surface area contributed by atoms with Crippen LogP contribution in [-0.4, -0.2) is 47.2 Å². The Morgan fingerprint density at radius 1 is 1.42 bits per heavy atom. The third-order valence-corrected chi connectivity index (χ3v) is 4.61. The summed E-state index contributed by atoms with van der Waals surface area (Å²) in [7, 11) is 2.19. The second kappa shape index (κ2) is 6.06. The molecule has 0 aromatic carbocycles. The zero-order chi connectivity index (χ0) is 13.9. The molecule has 0 aliphatic carbocycles. The lowest BCUT2D eigenvalue weighted by Gasteiger charge is -2.35. The molecule has 1 aromatic rings. The molecule has 4 heteroatoms. The van der Waals surface area contributed by atoms with E-state index in [1.54, 1.807) is 0 Å². The molecule has 4 nitrogen and oxygen atoms in total. The zero-order valence-electron chi connectivity index (χ0n) is 12.8. The van der Waals surface area contributed by atoms with E-state index in [2.05, 4.69) is 53.8 Å². The van der Waals surface area contributed by atoms with Gasteiger partial charge in [0.1, 0.15) is 0 Å². The highest BCUT2D eigenvalue weighted by molar-refractivity contribution is 5.15. The van der Waals surface area contributed by atoms with Gasteiger partial charge in [-0.05, 0) is 46.8 Å². The van der Waals surface area contributed by atoms with Crippen LogP contribution in [0.5, 0.6) is 0 Å². The highest BCUT2D eigenvalue weighted by Crippen LogP contribution is 2.32. The van der Waals surface area contributed by atoms with E-state index in [1.807, 2.05) is 6.33 Å². The molecule has 0 saturated carbocycles. The lowest BCUT2D eigenvalue weighted by atomic mass is 9.78. The van der Waals surface area contributed by atoms with E-state index >= 15 is 0 Å². The van der Waals surface area contributed by atoms with Gasteiger partial charge in [0.05, 0.1) is 6.33 Å². The summed E-state index contributed by atoms with van der Waals surface area (Å²) >= 11 is 0. The number of nitrogens with zero attached hydrogens (tertiary/aromatic N) is 3. The summed E-state index contributed by atoms with van der Waals surface area (Å²) in [4.78, 5) is 6.77. The molecule has 108 valence electrons. The standard InChI is InChI=1S/C15H28N4/c1-13(2)18(4)9-10-19-12-17-11-14(19)15(3)5-7-16-8-6-15/h11-13,16H,5-10H2,1-4H3. The molecule has 1 fully saturated rings. The predicted molar refractivity (Wildman–Crippen MR) is 79.4 cm³/mol. The number of hydrogen-bond acceptors (Lipinski definition) is 3. The molecular weight excluding hydrogens is 236 g/mol. The molecule has 1 N–H and O–H groups in total. The third kappa shape index (κ3) is 3.37. The molecule has 2 heterocycles. The van der Waals surface area contributed by atoms with E-state index in [-0.39, 0.29) is 5.41 Å². The molecule has 2 rings (SSSR count). The minimum Gasteiger partial charge on any atom is -0.333 e. The second-order valence-electron chi connectivity index (χ2n) is 6.36. The van der Waals surface area contributed by atoms with Gasteiger partial charge in [0.25, 0.3) is 0 Å². The summed E-state index contributed by atoms with van der Waals surface area (Å²) in [5.74, 6) is 0.